The molecular weight excluding hydrogens is 328 g/mol. The van der Waals surface area contributed by atoms with E-state index in [1.54, 1.807) is 31.4 Å². The van der Waals surface area contributed by atoms with Gasteiger partial charge in [0.05, 0.1) is 44.9 Å². The van der Waals surface area contributed by atoms with Gasteiger partial charge < -0.3 is 19.9 Å². The SMILES string of the molecule is COc1ccc(N2CC[NH+](CC(=O)Nc3ccc(C#N)cc3)CC2)cc1. The summed E-state index contributed by atoms with van der Waals surface area (Å²) in [6.07, 6.45) is 0. The van der Waals surface area contributed by atoms with Gasteiger partial charge in [-0.25, -0.2) is 0 Å². The normalized spacial score (nSPS) is 14.5. The van der Waals surface area contributed by atoms with E-state index in [2.05, 4.69) is 28.4 Å². The first-order valence-electron chi connectivity index (χ1n) is 8.70. The summed E-state index contributed by atoms with van der Waals surface area (Å²) < 4.78 is 5.20. The second kappa shape index (κ2) is 8.37. The van der Waals surface area contributed by atoms with Crippen molar-refractivity contribution in [2.24, 2.45) is 0 Å². The molecule has 2 aromatic rings. The van der Waals surface area contributed by atoms with Gasteiger partial charge in [0, 0.05) is 11.4 Å². The Bertz CT molecular complexity index is 773. The van der Waals surface area contributed by atoms with Crippen LogP contribution >= 0.6 is 0 Å². The summed E-state index contributed by atoms with van der Waals surface area (Å²) in [7, 11) is 1.67. The molecule has 1 saturated heterocycles. The molecule has 1 aliphatic rings. The van der Waals surface area contributed by atoms with Crippen LogP contribution < -0.4 is 19.9 Å². The summed E-state index contributed by atoms with van der Waals surface area (Å²) in [5.41, 5.74) is 2.50. The maximum Gasteiger partial charge on any atom is 0.279 e. The summed E-state index contributed by atoms with van der Waals surface area (Å²) in [6, 6.07) is 17.1. The first-order valence-corrected chi connectivity index (χ1v) is 8.70. The van der Waals surface area contributed by atoms with E-state index in [0.29, 0.717) is 12.1 Å². The van der Waals surface area contributed by atoms with Gasteiger partial charge in [0.25, 0.3) is 5.91 Å². The van der Waals surface area contributed by atoms with Crippen LogP contribution in [0.5, 0.6) is 5.75 Å². The maximum atomic E-state index is 12.2. The Morgan fingerprint density at radius 1 is 1.15 bits per heavy atom. The smallest absolute Gasteiger partial charge is 0.279 e. The minimum Gasteiger partial charge on any atom is -0.497 e. The number of carbonyl (C=O) groups excluding carboxylic acids is 1. The number of nitrogens with zero attached hydrogens (tertiary/aromatic N) is 2. The molecule has 6 nitrogen and oxygen atoms in total. The molecule has 0 aliphatic carbocycles. The molecule has 2 aromatic carbocycles. The van der Waals surface area contributed by atoms with Crippen molar-refractivity contribution in [3.05, 3.63) is 54.1 Å². The van der Waals surface area contributed by atoms with E-state index in [4.69, 9.17) is 10.00 Å². The third-order valence-electron chi connectivity index (χ3n) is 4.62. The van der Waals surface area contributed by atoms with Crippen LogP contribution in [0.15, 0.2) is 48.5 Å². The monoisotopic (exact) mass is 351 g/mol. The van der Waals surface area contributed by atoms with E-state index in [0.717, 1.165) is 37.6 Å². The predicted molar refractivity (Wildman–Crippen MR) is 101 cm³/mol. The molecule has 0 bridgehead atoms. The van der Waals surface area contributed by atoms with Crippen LogP contribution in [0.1, 0.15) is 5.56 Å². The number of quaternary nitrogens is 1. The lowest BCUT2D eigenvalue weighted by atomic mass is 10.2. The van der Waals surface area contributed by atoms with Gasteiger partial charge in [0.2, 0.25) is 0 Å². The minimum absolute atomic E-state index is 0.00241. The van der Waals surface area contributed by atoms with E-state index >= 15 is 0 Å². The number of anilines is 2. The molecule has 1 amide bonds. The Morgan fingerprint density at radius 2 is 1.81 bits per heavy atom. The van der Waals surface area contributed by atoms with Crippen LogP contribution in [0.2, 0.25) is 0 Å². The molecule has 0 saturated carbocycles. The number of benzene rings is 2. The number of methoxy groups -OCH3 is 1. The number of carbonyl (C=O) groups is 1. The van der Waals surface area contributed by atoms with Crippen molar-refractivity contribution in [3.8, 4) is 11.8 Å². The summed E-state index contributed by atoms with van der Waals surface area (Å²) >= 11 is 0. The highest BCUT2D eigenvalue weighted by molar-refractivity contribution is 5.91. The molecular formula is C20H23N4O2+. The van der Waals surface area contributed by atoms with Crippen molar-refractivity contribution in [1.82, 2.24) is 0 Å². The van der Waals surface area contributed by atoms with Crippen molar-refractivity contribution < 1.29 is 14.4 Å². The quantitative estimate of drug-likeness (QED) is 0.840. The molecule has 6 heteroatoms. The van der Waals surface area contributed by atoms with Gasteiger partial charge in [-0.3, -0.25) is 4.79 Å². The summed E-state index contributed by atoms with van der Waals surface area (Å²) in [6.45, 7) is 4.15. The molecule has 1 fully saturated rings. The second-order valence-corrected chi connectivity index (χ2v) is 6.35. The van der Waals surface area contributed by atoms with E-state index in [9.17, 15) is 4.79 Å². The fourth-order valence-corrected chi connectivity index (χ4v) is 3.11. The molecule has 1 aliphatic heterocycles. The van der Waals surface area contributed by atoms with Gasteiger partial charge in [-0.15, -0.1) is 0 Å². The summed E-state index contributed by atoms with van der Waals surface area (Å²) in [5, 5.41) is 11.7. The Morgan fingerprint density at radius 3 is 2.38 bits per heavy atom. The third-order valence-corrected chi connectivity index (χ3v) is 4.62. The van der Waals surface area contributed by atoms with Crippen molar-refractivity contribution in [1.29, 1.82) is 5.26 Å². The number of rotatable bonds is 5. The van der Waals surface area contributed by atoms with Crippen molar-refractivity contribution >= 4 is 17.3 Å². The van der Waals surface area contributed by atoms with Gasteiger partial charge in [0.1, 0.15) is 5.75 Å². The molecule has 134 valence electrons. The predicted octanol–water partition coefficient (Wildman–Crippen LogP) is 0.910. The fraction of sp³-hybridized carbons (Fsp3) is 0.300. The zero-order chi connectivity index (χ0) is 18.4. The van der Waals surface area contributed by atoms with Crippen LogP contribution in [0.25, 0.3) is 0 Å². The lowest BCUT2D eigenvalue weighted by Crippen LogP contribution is -3.15. The third kappa shape index (κ3) is 4.52. The number of ether oxygens (including phenoxy) is 1. The average Bonchev–Trinajstić information content (AvgIpc) is 2.69. The molecule has 26 heavy (non-hydrogen) atoms. The first kappa shape index (κ1) is 17.8. The van der Waals surface area contributed by atoms with Crippen molar-refractivity contribution in [3.63, 3.8) is 0 Å². The number of amides is 1. The second-order valence-electron chi connectivity index (χ2n) is 6.35. The van der Waals surface area contributed by atoms with Crippen LogP contribution in [0, 0.1) is 11.3 Å². The largest absolute Gasteiger partial charge is 0.497 e. The minimum atomic E-state index is 0.00241. The zero-order valence-electron chi connectivity index (χ0n) is 14.9. The first-order chi connectivity index (χ1) is 12.7. The molecule has 0 aromatic heterocycles. The Labute approximate surface area is 153 Å². The molecule has 0 radical (unpaired) electrons. The molecule has 0 spiro atoms. The van der Waals surface area contributed by atoms with Crippen molar-refractivity contribution in [2.45, 2.75) is 0 Å². The highest BCUT2D eigenvalue weighted by Crippen LogP contribution is 2.18. The summed E-state index contributed by atoms with van der Waals surface area (Å²) in [5.74, 6) is 0.861. The Balaban J connectivity index is 1.46. The summed E-state index contributed by atoms with van der Waals surface area (Å²) in [4.78, 5) is 15.8. The number of nitriles is 1. The Hall–Kier alpha value is -3.04. The zero-order valence-corrected chi connectivity index (χ0v) is 14.9. The molecule has 2 N–H and O–H groups in total. The van der Waals surface area contributed by atoms with Crippen LogP contribution in [-0.4, -0.2) is 45.7 Å². The van der Waals surface area contributed by atoms with E-state index < -0.39 is 0 Å². The van der Waals surface area contributed by atoms with Crippen LogP contribution in [-0.2, 0) is 4.79 Å². The average molecular weight is 351 g/mol. The van der Waals surface area contributed by atoms with E-state index in [1.807, 2.05) is 12.1 Å². The number of hydrogen-bond acceptors (Lipinski definition) is 4. The van der Waals surface area contributed by atoms with Gasteiger partial charge in [-0.05, 0) is 48.5 Å². The number of nitrogens with one attached hydrogen (secondary N) is 2. The fourth-order valence-electron chi connectivity index (χ4n) is 3.11. The van der Waals surface area contributed by atoms with Gasteiger partial charge in [0.15, 0.2) is 6.54 Å². The van der Waals surface area contributed by atoms with Crippen molar-refractivity contribution in [2.75, 3.05) is 50.1 Å². The molecule has 3 rings (SSSR count). The number of hydrogen-bond donors (Lipinski definition) is 2. The molecule has 0 unspecified atom stereocenters. The molecule has 0 atom stereocenters. The van der Waals surface area contributed by atoms with Gasteiger partial charge in [-0.2, -0.15) is 5.26 Å². The van der Waals surface area contributed by atoms with Crippen LogP contribution in [0.3, 0.4) is 0 Å². The van der Waals surface area contributed by atoms with E-state index in [1.165, 1.54) is 10.6 Å². The van der Waals surface area contributed by atoms with Crippen LogP contribution in [0.4, 0.5) is 11.4 Å². The standard InChI is InChI=1S/C20H22N4O2/c1-26-19-8-6-18(7-9-19)24-12-10-23(11-13-24)15-20(25)22-17-4-2-16(14-21)3-5-17/h2-9H,10-13,15H2,1H3,(H,22,25)/p+1. The lowest BCUT2D eigenvalue weighted by molar-refractivity contribution is -0.892. The highest BCUT2D eigenvalue weighted by Gasteiger charge is 2.22. The number of piperazine rings is 1. The highest BCUT2D eigenvalue weighted by atomic mass is 16.5. The topological polar surface area (TPSA) is 69.8 Å². The maximum absolute atomic E-state index is 12.2. The molecule has 1 heterocycles. The Kier molecular flexibility index (Phi) is 5.72. The van der Waals surface area contributed by atoms with E-state index in [-0.39, 0.29) is 5.91 Å². The van der Waals surface area contributed by atoms with Gasteiger partial charge in [-0.1, -0.05) is 0 Å². The van der Waals surface area contributed by atoms with Gasteiger partial charge >= 0.3 is 0 Å². The lowest BCUT2D eigenvalue weighted by Gasteiger charge is -2.33.